The molecule has 0 bridgehead atoms. The number of rotatable bonds is 4. The molecule has 1 amide bonds. The van der Waals surface area contributed by atoms with Gasteiger partial charge in [-0.2, -0.15) is 5.10 Å². The van der Waals surface area contributed by atoms with Crippen LogP contribution in [0.25, 0.3) is 22.0 Å². The number of aromatic nitrogens is 1. The van der Waals surface area contributed by atoms with E-state index >= 15 is 0 Å². The average molecular weight is 531 g/mol. The topological polar surface area (TPSA) is 109 Å². The Morgan fingerprint density at radius 2 is 1.80 bits per heavy atom. The molecule has 8 nitrogen and oxygen atoms in total. The Morgan fingerprint density at radius 1 is 1.09 bits per heavy atom. The van der Waals surface area contributed by atoms with Gasteiger partial charge in [0, 0.05) is 46.4 Å². The molecular weight excluding hydrogens is 512 g/mol. The molecule has 0 unspecified atom stereocenters. The number of pyridine rings is 1. The number of halogens is 1. The van der Waals surface area contributed by atoms with Gasteiger partial charge in [-0.3, -0.25) is 19.7 Å². The van der Waals surface area contributed by atoms with Crippen molar-refractivity contribution in [2.45, 2.75) is 19.4 Å². The zero-order valence-corrected chi connectivity index (χ0v) is 20.2. The third-order valence-electron chi connectivity index (χ3n) is 6.05. The number of nitrogens with one attached hydrogen (secondary N) is 1. The van der Waals surface area contributed by atoms with Gasteiger partial charge in [0.25, 0.3) is 11.2 Å². The maximum Gasteiger partial charge on any atom is 0.269 e. The summed E-state index contributed by atoms with van der Waals surface area (Å²) in [6, 6.07) is 20.8. The van der Waals surface area contributed by atoms with E-state index in [0.717, 1.165) is 21.0 Å². The minimum atomic E-state index is -0.482. The van der Waals surface area contributed by atoms with Crippen LogP contribution in [0.5, 0.6) is 0 Å². The quantitative estimate of drug-likeness (QED) is 0.275. The van der Waals surface area contributed by atoms with Gasteiger partial charge in [0.1, 0.15) is 0 Å². The first-order valence-electron chi connectivity index (χ1n) is 10.9. The summed E-state index contributed by atoms with van der Waals surface area (Å²) in [6.07, 6.45) is 0.291. The molecule has 1 aliphatic heterocycles. The molecule has 1 N–H and O–H groups in total. The lowest BCUT2D eigenvalue weighted by molar-refractivity contribution is -0.384. The van der Waals surface area contributed by atoms with Crippen LogP contribution in [0.2, 0.25) is 0 Å². The third-order valence-corrected chi connectivity index (χ3v) is 6.54. The summed E-state index contributed by atoms with van der Waals surface area (Å²) in [5.74, 6) is -0.287. The third kappa shape index (κ3) is 4.15. The minimum Gasteiger partial charge on any atom is -0.321 e. The van der Waals surface area contributed by atoms with Gasteiger partial charge < -0.3 is 4.98 Å². The fraction of sp³-hybridized carbons (Fsp3) is 0.115. The van der Waals surface area contributed by atoms with Gasteiger partial charge in [-0.15, -0.1) is 0 Å². The lowest BCUT2D eigenvalue weighted by atomic mass is 9.91. The van der Waals surface area contributed by atoms with E-state index in [4.69, 9.17) is 0 Å². The maximum atomic E-state index is 13.4. The normalized spacial score (nSPS) is 15.3. The summed E-state index contributed by atoms with van der Waals surface area (Å²) in [5, 5.41) is 17.8. The van der Waals surface area contributed by atoms with Crippen molar-refractivity contribution in [3.8, 4) is 11.1 Å². The van der Waals surface area contributed by atoms with Gasteiger partial charge in [0.2, 0.25) is 5.91 Å². The van der Waals surface area contributed by atoms with Crippen LogP contribution in [0.4, 0.5) is 5.69 Å². The van der Waals surface area contributed by atoms with Crippen molar-refractivity contribution >= 4 is 44.1 Å². The largest absolute Gasteiger partial charge is 0.321 e. The van der Waals surface area contributed by atoms with Crippen LogP contribution in [-0.4, -0.2) is 26.5 Å². The number of fused-ring (bicyclic) bond motifs is 1. The van der Waals surface area contributed by atoms with Crippen molar-refractivity contribution in [3.05, 3.63) is 109 Å². The Hall–Kier alpha value is -4.11. The van der Waals surface area contributed by atoms with E-state index in [1.807, 2.05) is 48.5 Å². The molecule has 0 spiro atoms. The van der Waals surface area contributed by atoms with Gasteiger partial charge in [0.05, 0.1) is 22.2 Å². The highest BCUT2D eigenvalue weighted by atomic mass is 79.9. The number of benzene rings is 3. The monoisotopic (exact) mass is 530 g/mol. The number of nitro groups is 1. The van der Waals surface area contributed by atoms with Crippen molar-refractivity contribution in [2.75, 3.05) is 0 Å². The lowest BCUT2D eigenvalue weighted by Crippen LogP contribution is -2.24. The summed E-state index contributed by atoms with van der Waals surface area (Å²) < 4.78 is 0.864. The fourth-order valence-corrected chi connectivity index (χ4v) is 4.84. The smallest absolute Gasteiger partial charge is 0.269 e. The van der Waals surface area contributed by atoms with E-state index < -0.39 is 11.0 Å². The molecule has 1 aliphatic rings. The molecule has 2 heterocycles. The molecule has 1 aromatic heterocycles. The van der Waals surface area contributed by atoms with Crippen LogP contribution >= 0.6 is 15.9 Å². The Balaban J connectivity index is 1.69. The van der Waals surface area contributed by atoms with Crippen molar-refractivity contribution in [1.29, 1.82) is 0 Å². The van der Waals surface area contributed by atoms with E-state index in [1.54, 1.807) is 12.1 Å². The number of carbonyl (C=O) groups is 1. The van der Waals surface area contributed by atoms with E-state index in [2.05, 4.69) is 26.0 Å². The Labute approximate surface area is 208 Å². The summed E-state index contributed by atoms with van der Waals surface area (Å²) >= 11 is 3.53. The zero-order valence-electron chi connectivity index (χ0n) is 18.6. The van der Waals surface area contributed by atoms with Gasteiger partial charge in [-0.25, -0.2) is 5.01 Å². The molecule has 1 atom stereocenters. The predicted octanol–water partition coefficient (Wildman–Crippen LogP) is 5.56. The number of non-ortho nitro benzene ring substituents is 1. The minimum absolute atomic E-state index is 0.0369. The second kappa shape index (κ2) is 8.92. The van der Waals surface area contributed by atoms with E-state index in [1.165, 1.54) is 24.1 Å². The van der Waals surface area contributed by atoms with Gasteiger partial charge in [-0.1, -0.05) is 58.4 Å². The second-order valence-electron chi connectivity index (χ2n) is 8.24. The Kier molecular flexibility index (Phi) is 5.78. The fourth-order valence-electron chi connectivity index (χ4n) is 4.47. The predicted molar refractivity (Wildman–Crippen MR) is 137 cm³/mol. The molecule has 0 fully saturated rings. The molecule has 0 radical (unpaired) electrons. The number of amides is 1. The Bertz CT molecular complexity index is 1560. The second-order valence-corrected chi connectivity index (χ2v) is 9.15. The molecule has 0 aliphatic carbocycles. The molecular formula is C26H19BrN4O4. The molecule has 174 valence electrons. The van der Waals surface area contributed by atoms with Gasteiger partial charge in [0.15, 0.2) is 0 Å². The molecule has 3 aromatic carbocycles. The first-order chi connectivity index (χ1) is 16.8. The number of nitro benzene ring substituents is 1. The number of hydrogen-bond acceptors (Lipinski definition) is 5. The Morgan fingerprint density at radius 3 is 2.46 bits per heavy atom. The SMILES string of the molecule is CC(=O)N1N=C(c2c(-c3ccccc3)c3cc(Br)ccc3[nH]c2=O)C[C@H]1c1ccc([N+](=O)[O-])cc1. The van der Waals surface area contributed by atoms with Crippen LogP contribution < -0.4 is 5.56 Å². The van der Waals surface area contributed by atoms with Crippen molar-refractivity contribution in [2.24, 2.45) is 5.10 Å². The van der Waals surface area contributed by atoms with Crippen LogP contribution in [0.15, 0.2) is 87.2 Å². The van der Waals surface area contributed by atoms with Crippen molar-refractivity contribution < 1.29 is 9.72 Å². The zero-order chi connectivity index (χ0) is 24.7. The number of hydrazone groups is 1. The number of carbonyl (C=O) groups excluding carboxylic acids is 1. The van der Waals surface area contributed by atoms with Crippen LogP contribution in [0, 0.1) is 10.1 Å². The van der Waals surface area contributed by atoms with Gasteiger partial charge in [-0.05, 0) is 29.3 Å². The highest BCUT2D eigenvalue weighted by Crippen LogP contribution is 2.37. The number of nitrogens with zero attached hydrogens (tertiary/aromatic N) is 3. The number of aromatic amines is 1. The van der Waals surface area contributed by atoms with E-state index in [0.29, 0.717) is 28.8 Å². The summed E-state index contributed by atoms with van der Waals surface area (Å²) in [5.41, 5.74) is 3.52. The lowest BCUT2D eigenvalue weighted by Gasteiger charge is -2.20. The maximum absolute atomic E-state index is 13.4. The van der Waals surface area contributed by atoms with E-state index in [-0.39, 0.29) is 17.2 Å². The molecule has 5 rings (SSSR count). The van der Waals surface area contributed by atoms with Gasteiger partial charge >= 0.3 is 0 Å². The number of hydrogen-bond donors (Lipinski definition) is 1. The summed E-state index contributed by atoms with van der Waals surface area (Å²) in [4.78, 5) is 39.5. The standard InChI is InChI=1S/C26H19BrN4O4/c1-15(32)30-23(16-7-10-19(11-8-16)31(34)35)14-22(29-30)25-24(17-5-3-2-4-6-17)20-13-18(27)9-12-21(20)28-26(25)33/h2-13,23H,14H2,1H3,(H,28,33)/t23-/m0/s1. The molecule has 35 heavy (non-hydrogen) atoms. The summed E-state index contributed by atoms with van der Waals surface area (Å²) in [7, 11) is 0. The highest BCUT2D eigenvalue weighted by molar-refractivity contribution is 9.10. The van der Waals surface area contributed by atoms with Crippen LogP contribution in [0.3, 0.4) is 0 Å². The molecule has 9 heteroatoms. The number of H-pyrrole nitrogens is 1. The molecule has 0 saturated carbocycles. The average Bonchev–Trinajstić information content (AvgIpc) is 3.29. The molecule has 0 saturated heterocycles. The first-order valence-corrected chi connectivity index (χ1v) is 11.7. The summed E-state index contributed by atoms with van der Waals surface area (Å²) in [6.45, 7) is 1.41. The van der Waals surface area contributed by atoms with Crippen LogP contribution in [-0.2, 0) is 4.79 Å². The molecule has 4 aromatic rings. The van der Waals surface area contributed by atoms with Crippen molar-refractivity contribution in [1.82, 2.24) is 9.99 Å². The highest BCUT2D eigenvalue weighted by Gasteiger charge is 2.34. The van der Waals surface area contributed by atoms with E-state index in [9.17, 15) is 19.7 Å². The van der Waals surface area contributed by atoms with Crippen molar-refractivity contribution in [3.63, 3.8) is 0 Å². The van der Waals surface area contributed by atoms with Crippen LogP contribution in [0.1, 0.15) is 30.5 Å². The first kappa shape index (κ1) is 22.7.